The number of hydrogen-bond acceptors (Lipinski definition) is 12. The molecule has 332 valence electrons. The first kappa shape index (κ1) is 42.0. The van der Waals surface area contributed by atoms with Crippen LogP contribution in [0.5, 0.6) is 23.0 Å². The fourth-order valence-corrected chi connectivity index (χ4v) is 8.96. The van der Waals surface area contributed by atoms with Gasteiger partial charge in [-0.2, -0.15) is 10.2 Å². The Balaban J connectivity index is 0.870. The lowest BCUT2D eigenvalue weighted by molar-refractivity contribution is -0.127. The fraction of sp³-hybridized carbons (Fsp3) is 0.240. The smallest absolute Gasteiger partial charge is 0.246 e. The van der Waals surface area contributed by atoms with E-state index in [1.165, 1.54) is 18.7 Å². The molecule has 66 heavy (non-hydrogen) atoms. The summed E-state index contributed by atoms with van der Waals surface area (Å²) in [6, 6.07) is 34.5. The van der Waals surface area contributed by atoms with Crippen molar-refractivity contribution < 1.29 is 19.1 Å². The molecule has 4 aromatic carbocycles. The SMILES string of the molecule is C=CC(=O)N1CCCC(n2nc(-c3ccc(Oc4ccccc4)cc3)c3c(NC(=O)CCN4CCC[C@@H](n5nc(-c6ccc(Oc7ccccc7)cc6)c6c(N)ncnc65)C4)ncnc32)C1. The van der Waals surface area contributed by atoms with Crippen LogP contribution >= 0.6 is 0 Å². The number of aromatic nitrogens is 8. The molecule has 4 aromatic heterocycles. The van der Waals surface area contributed by atoms with Crippen LogP contribution in [0.1, 0.15) is 44.2 Å². The topological polar surface area (TPSA) is 184 Å². The number of ether oxygens (including phenoxy) is 2. The number of carbonyl (C=O) groups is 2. The summed E-state index contributed by atoms with van der Waals surface area (Å²) >= 11 is 0. The summed E-state index contributed by atoms with van der Waals surface area (Å²) in [5, 5.41) is 14.7. The maximum absolute atomic E-state index is 13.9. The molecule has 2 amide bonds. The van der Waals surface area contributed by atoms with E-state index in [-0.39, 0.29) is 30.3 Å². The van der Waals surface area contributed by atoms with Crippen molar-refractivity contribution >= 4 is 45.5 Å². The van der Waals surface area contributed by atoms with Gasteiger partial charge in [-0.25, -0.2) is 29.3 Å². The highest BCUT2D eigenvalue weighted by atomic mass is 16.5. The molecule has 2 aliphatic rings. The van der Waals surface area contributed by atoms with E-state index in [4.69, 9.17) is 30.4 Å². The van der Waals surface area contributed by atoms with Crippen molar-refractivity contribution in [2.45, 2.75) is 44.2 Å². The van der Waals surface area contributed by atoms with E-state index in [0.717, 1.165) is 54.9 Å². The van der Waals surface area contributed by atoms with Gasteiger partial charge in [0.05, 0.1) is 22.9 Å². The van der Waals surface area contributed by atoms with Crippen molar-refractivity contribution in [3.63, 3.8) is 0 Å². The minimum absolute atomic E-state index is 0.00935. The van der Waals surface area contributed by atoms with E-state index >= 15 is 0 Å². The zero-order chi connectivity index (χ0) is 45.0. The molecule has 16 heteroatoms. The van der Waals surface area contributed by atoms with Crippen LogP contribution in [0.15, 0.2) is 135 Å². The third-order valence-electron chi connectivity index (χ3n) is 12.2. The number of nitrogens with two attached hydrogens (primary N) is 1. The third-order valence-corrected chi connectivity index (χ3v) is 12.2. The second-order valence-electron chi connectivity index (χ2n) is 16.5. The molecule has 2 fully saturated rings. The molecule has 3 N–H and O–H groups in total. The first-order valence-corrected chi connectivity index (χ1v) is 22.2. The monoisotopic (exact) mass is 880 g/mol. The molecule has 1 unspecified atom stereocenters. The normalized spacial score (nSPS) is 16.6. The van der Waals surface area contributed by atoms with Crippen LogP contribution in [0.25, 0.3) is 44.6 Å². The van der Waals surface area contributed by atoms with Gasteiger partial charge in [0.15, 0.2) is 11.3 Å². The van der Waals surface area contributed by atoms with Gasteiger partial charge in [0.2, 0.25) is 11.8 Å². The van der Waals surface area contributed by atoms with Gasteiger partial charge in [0.25, 0.3) is 0 Å². The Morgan fingerprint density at radius 3 is 1.80 bits per heavy atom. The summed E-state index contributed by atoms with van der Waals surface area (Å²) < 4.78 is 16.0. The molecular weight excluding hydrogens is 833 g/mol. The van der Waals surface area contributed by atoms with E-state index in [0.29, 0.717) is 82.8 Å². The van der Waals surface area contributed by atoms with E-state index in [1.54, 1.807) is 4.90 Å². The van der Waals surface area contributed by atoms with Crippen molar-refractivity contribution in [1.29, 1.82) is 0 Å². The van der Waals surface area contributed by atoms with Crippen LogP contribution < -0.4 is 20.5 Å². The summed E-state index contributed by atoms with van der Waals surface area (Å²) in [4.78, 5) is 49.0. The van der Waals surface area contributed by atoms with Crippen LogP contribution in [0.3, 0.4) is 0 Å². The number of para-hydroxylation sites is 2. The first-order valence-electron chi connectivity index (χ1n) is 22.2. The lowest BCUT2D eigenvalue weighted by Gasteiger charge is -2.32. The molecule has 0 bridgehead atoms. The molecule has 10 rings (SSSR count). The molecule has 0 spiro atoms. The maximum Gasteiger partial charge on any atom is 0.246 e. The number of likely N-dealkylation sites (tertiary alicyclic amines) is 2. The van der Waals surface area contributed by atoms with Gasteiger partial charge in [-0.15, -0.1) is 0 Å². The van der Waals surface area contributed by atoms with E-state index in [9.17, 15) is 9.59 Å². The second kappa shape index (κ2) is 18.6. The lowest BCUT2D eigenvalue weighted by Crippen LogP contribution is -2.40. The number of amides is 2. The Bertz CT molecular complexity index is 3010. The summed E-state index contributed by atoms with van der Waals surface area (Å²) in [5.74, 6) is 3.28. The van der Waals surface area contributed by atoms with Gasteiger partial charge < -0.3 is 30.3 Å². The Kier molecular flexibility index (Phi) is 11.9. The minimum Gasteiger partial charge on any atom is -0.457 e. The highest BCUT2D eigenvalue weighted by molar-refractivity contribution is 6.04. The number of benzene rings is 4. The summed E-state index contributed by atoms with van der Waals surface area (Å²) in [7, 11) is 0. The number of fused-ring (bicyclic) bond motifs is 2. The van der Waals surface area contributed by atoms with Gasteiger partial charge in [-0.1, -0.05) is 43.0 Å². The van der Waals surface area contributed by atoms with Crippen LogP contribution in [-0.4, -0.2) is 93.8 Å². The van der Waals surface area contributed by atoms with Gasteiger partial charge in [0, 0.05) is 43.7 Å². The van der Waals surface area contributed by atoms with Crippen LogP contribution in [-0.2, 0) is 9.59 Å². The standard InChI is InChI=1S/C50H48N12O4/c1-2-42(64)60-27-10-12-36(30-60)62-50-44(46(58-62)34-19-23-40(24-20-34)66-38-15-7-4-8-16-38)48(53-32-55-50)56-41(63)25-28-59-26-9-11-35(29-59)61-49-43(47(51)52-31-54-49)45(57-61)33-17-21-39(22-18-33)65-37-13-5-3-6-14-37/h2-8,13-24,31-32,35-36H,1,9-12,25-30H2,(H2,51,52,54)(H,53,55,56,63)/t35-,36?/m1/s1. The molecule has 0 radical (unpaired) electrons. The van der Waals surface area contributed by atoms with E-state index < -0.39 is 0 Å². The number of nitrogens with one attached hydrogen (secondary N) is 1. The summed E-state index contributed by atoms with van der Waals surface area (Å²) in [5.41, 5.74) is 10.7. The molecule has 2 aliphatic heterocycles. The van der Waals surface area contributed by atoms with Crippen LogP contribution in [0.2, 0.25) is 0 Å². The van der Waals surface area contributed by atoms with Crippen molar-refractivity contribution in [3.05, 3.63) is 135 Å². The number of rotatable bonds is 13. The number of nitrogen functional groups attached to an aromatic ring is 1. The van der Waals surface area contributed by atoms with Crippen molar-refractivity contribution in [3.8, 4) is 45.5 Å². The van der Waals surface area contributed by atoms with Crippen LogP contribution in [0.4, 0.5) is 11.6 Å². The first-order chi connectivity index (χ1) is 32.4. The van der Waals surface area contributed by atoms with Gasteiger partial charge >= 0.3 is 0 Å². The zero-order valence-electron chi connectivity index (χ0n) is 36.2. The number of hydrogen-bond donors (Lipinski definition) is 2. The largest absolute Gasteiger partial charge is 0.457 e. The maximum atomic E-state index is 13.9. The molecule has 16 nitrogen and oxygen atoms in total. The number of carbonyl (C=O) groups excluding carboxylic acids is 2. The predicted molar refractivity (Wildman–Crippen MR) is 252 cm³/mol. The Morgan fingerprint density at radius 1 is 0.667 bits per heavy atom. The average Bonchev–Trinajstić information content (AvgIpc) is 3.96. The van der Waals surface area contributed by atoms with Gasteiger partial charge in [-0.05, 0) is 111 Å². The zero-order valence-corrected chi connectivity index (χ0v) is 36.2. The molecule has 8 aromatic rings. The molecule has 6 heterocycles. The third kappa shape index (κ3) is 8.77. The number of nitrogens with zero attached hydrogens (tertiary/aromatic N) is 10. The summed E-state index contributed by atoms with van der Waals surface area (Å²) in [6.45, 7) is 6.83. The van der Waals surface area contributed by atoms with E-state index in [1.807, 2.05) is 119 Å². The average molecular weight is 881 g/mol. The van der Waals surface area contributed by atoms with Gasteiger partial charge in [-0.3, -0.25) is 9.59 Å². The fourth-order valence-electron chi connectivity index (χ4n) is 8.96. The molecule has 2 atom stereocenters. The second-order valence-corrected chi connectivity index (χ2v) is 16.5. The van der Waals surface area contributed by atoms with Crippen LogP contribution in [0, 0.1) is 0 Å². The van der Waals surface area contributed by atoms with Crippen molar-refractivity contribution in [2.75, 3.05) is 43.8 Å². The molecule has 0 saturated carbocycles. The molecular formula is C50H48N12O4. The molecule has 0 aliphatic carbocycles. The highest BCUT2D eigenvalue weighted by Gasteiger charge is 2.30. The Labute approximate surface area is 380 Å². The predicted octanol–water partition coefficient (Wildman–Crippen LogP) is 8.48. The number of anilines is 2. The Morgan fingerprint density at radius 2 is 1.20 bits per heavy atom. The number of piperidine rings is 2. The quantitative estimate of drug-likeness (QED) is 0.106. The lowest BCUT2D eigenvalue weighted by atomic mass is 10.1. The van der Waals surface area contributed by atoms with Crippen molar-refractivity contribution in [2.24, 2.45) is 0 Å². The Hall–Kier alpha value is -7.98. The highest BCUT2D eigenvalue weighted by Crippen LogP contribution is 2.38. The van der Waals surface area contributed by atoms with E-state index in [2.05, 4.69) is 31.7 Å². The minimum atomic E-state index is -0.185. The van der Waals surface area contributed by atoms with Crippen molar-refractivity contribution in [1.82, 2.24) is 49.3 Å². The van der Waals surface area contributed by atoms with Gasteiger partial charge in [0.1, 0.15) is 58.7 Å². The molecule has 2 saturated heterocycles. The summed E-state index contributed by atoms with van der Waals surface area (Å²) in [6.07, 6.45) is 7.91.